The molecule has 2 heterocycles. The van der Waals surface area contributed by atoms with E-state index < -0.39 is 0 Å². The largest absolute Gasteiger partial charge is 0.455 e. The molecule has 0 spiro atoms. The van der Waals surface area contributed by atoms with Crippen molar-refractivity contribution in [2.45, 2.75) is 0 Å². The molecular weight excluding hydrogens is 615 g/mol. The molecule has 0 atom stereocenters. The first-order chi connectivity index (χ1) is 24.3. The second-order valence-corrected chi connectivity index (χ2v) is 13.5. The van der Waals surface area contributed by atoms with Gasteiger partial charge in [0, 0.05) is 53.3 Å². The molecule has 0 aliphatic heterocycles. The lowest BCUT2D eigenvalue weighted by molar-refractivity contribution is 0.670. The summed E-state index contributed by atoms with van der Waals surface area (Å²) >= 11 is 1.85. The molecule has 0 unspecified atom stereocenters. The van der Waals surface area contributed by atoms with E-state index >= 15 is 0 Å². The molecular formula is C46H29NOS. The Morgan fingerprint density at radius 1 is 0.429 bits per heavy atom. The molecule has 8 aromatic carbocycles. The normalized spacial score (nSPS) is 11.7. The van der Waals surface area contributed by atoms with Crippen LogP contribution in [0.4, 0.5) is 17.1 Å². The fourth-order valence-corrected chi connectivity index (χ4v) is 8.65. The summed E-state index contributed by atoms with van der Waals surface area (Å²) in [6.45, 7) is 0. The monoisotopic (exact) mass is 643 g/mol. The summed E-state index contributed by atoms with van der Waals surface area (Å²) in [5, 5.41) is 7.27. The number of fused-ring (bicyclic) bond motifs is 8. The van der Waals surface area contributed by atoms with Crippen molar-refractivity contribution >= 4 is 81.3 Å². The Hall–Kier alpha value is -6.16. The standard InChI is InChI=1S/C46H29NOS/c1-3-13-30(14-4-1)31-23-25-33(26-24-31)47(32-15-5-2-6-16-32)41-28-27-35(34-17-7-8-18-36(34)41)39-29-40-37-19-10-12-22-43(37)49-46(40)44-38-20-9-11-21-42(38)48-45(39)44/h1-29H. The van der Waals surface area contributed by atoms with Crippen LogP contribution in [0.5, 0.6) is 0 Å². The Morgan fingerprint density at radius 2 is 1.04 bits per heavy atom. The van der Waals surface area contributed by atoms with E-state index in [0.29, 0.717) is 0 Å². The summed E-state index contributed by atoms with van der Waals surface area (Å²) in [6, 6.07) is 63.0. The predicted octanol–water partition coefficient (Wildman–Crippen LogP) is 13.9. The van der Waals surface area contributed by atoms with Crippen LogP contribution in [-0.2, 0) is 0 Å². The second-order valence-electron chi connectivity index (χ2n) is 12.5. The van der Waals surface area contributed by atoms with Crippen molar-refractivity contribution in [1.82, 2.24) is 0 Å². The minimum atomic E-state index is 0.916. The first kappa shape index (κ1) is 27.9. The zero-order valence-electron chi connectivity index (χ0n) is 26.5. The number of hydrogen-bond acceptors (Lipinski definition) is 3. The molecule has 10 aromatic rings. The molecule has 0 fully saturated rings. The van der Waals surface area contributed by atoms with Crippen LogP contribution >= 0.6 is 11.3 Å². The van der Waals surface area contributed by atoms with E-state index in [1.165, 1.54) is 47.5 Å². The third-order valence-electron chi connectivity index (χ3n) is 9.67. The molecule has 0 saturated carbocycles. The average molecular weight is 644 g/mol. The van der Waals surface area contributed by atoms with E-state index in [0.717, 1.165) is 44.7 Å². The molecule has 49 heavy (non-hydrogen) atoms. The minimum absolute atomic E-state index is 0.916. The van der Waals surface area contributed by atoms with Crippen LogP contribution in [0.2, 0.25) is 0 Å². The second kappa shape index (κ2) is 11.2. The van der Waals surface area contributed by atoms with Crippen LogP contribution in [-0.4, -0.2) is 0 Å². The fraction of sp³-hybridized carbons (Fsp3) is 0. The maximum absolute atomic E-state index is 6.75. The highest BCUT2D eigenvalue weighted by Gasteiger charge is 2.22. The lowest BCUT2D eigenvalue weighted by Gasteiger charge is -2.27. The molecule has 0 radical (unpaired) electrons. The summed E-state index contributed by atoms with van der Waals surface area (Å²) in [7, 11) is 0. The van der Waals surface area contributed by atoms with Crippen LogP contribution < -0.4 is 4.90 Å². The molecule has 3 heteroatoms. The highest BCUT2D eigenvalue weighted by molar-refractivity contribution is 7.26. The number of nitrogens with zero attached hydrogens (tertiary/aromatic N) is 1. The SMILES string of the molecule is c1ccc(-c2ccc(N(c3ccccc3)c3ccc(-c4cc5c6ccccc6sc5c5c4oc4ccccc45)c4ccccc34)cc2)cc1. The van der Waals surface area contributed by atoms with Crippen LogP contribution in [0.25, 0.3) is 75.1 Å². The zero-order valence-corrected chi connectivity index (χ0v) is 27.3. The molecule has 0 aliphatic carbocycles. The number of thiophene rings is 1. The molecule has 0 saturated heterocycles. The van der Waals surface area contributed by atoms with Gasteiger partial charge in [0.1, 0.15) is 11.2 Å². The van der Waals surface area contributed by atoms with Gasteiger partial charge in [0.25, 0.3) is 0 Å². The number of rotatable bonds is 5. The van der Waals surface area contributed by atoms with E-state index in [1.807, 2.05) is 11.3 Å². The van der Waals surface area contributed by atoms with Gasteiger partial charge in [0.05, 0.1) is 5.69 Å². The number of anilines is 3. The molecule has 0 N–H and O–H groups in total. The van der Waals surface area contributed by atoms with Crippen molar-refractivity contribution < 1.29 is 4.42 Å². The minimum Gasteiger partial charge on any atom is -0.455 e. The van der Waals surface area contributed by atoms with Gasteiger partial charge in [-0.1, -0.05) is 127 Å². The average Bonchev–Trinajstić information content (AvgIpc) is 3.75. The van der Waals surface area contributed by atoms with E-state index in [4.69, 9.17) is 4.42 Å². The highest BCUT2D eigenvalue weighted by Crippen LogP contribution is 2.49. The van der Waals surface area contributed by atoms with Crippen molar-refractivity contribution in [2.75, 3.05) is 4.90 Å². The lowest BCUT2D eigenvalue weighted by Crippen LogP contribution is -2.10. The Morgan fingerprint density at radius 3 is 1.84 bits per heavy atom. The van der Waals surface area contributed by atoms with Crippen LogP contribution in [0, 0.1) is 0 Å². The Balaban J connectivity index is 1.22. The van der Waals surface area contributed by atoms with Crippen molar-refractivity contribution in [3.05, 3.63) is 176 Å². The Kier molecular flexibility index (Phi) is 6.39. The maximum atomic E-state index is 6.75. The fourth-order valence-electron chi connectivity index (χ4n) is 7.42. The number of benzene rings is 8. The van der Waals surface area contributed by atoms with Gasteiger partial charge < -0.3 is 9.32 Å². The van der Waals surface area contributed by atoms with Crippen molar-refractivity contribution in [3.63, 3.8) is 0 Å². The van der Waals surface area contributed by atoms with E-state index in [1.54, 1.807) is 0 Å². The molecule has 0 bridgehead atoms. The number of furan rings is 1. The molecule has 10 rings (SSSR count). The Bertz CT molecular complexity index is 2810. The summed E-state index contributed by atoms with van der Waals surface area (Å²) in [6.07, 6.45) is 0. The topological polar surface area (TPSA) is 16.4 Å². The van der Waals surface area contributed by atoms with Gasteiger partial charge in [-0.05, 0) is 70.6 Å². The van der Waals surface area contributed by atoms with Gasteiger partial charge in [-0.2, -0.15) is 0 Å². The first-order valence-corrected chi connectivity index (χ1v) is 17.4. The molecule has 230 valence electrons. The lowest BCUT2D eigenvalue weighted by atomic mass is 9.93. The van der Waals surface area contributed by atoms with Crippen LogP contribution in [0.15, 0.2) is 180 Å². The van der Waals surface area contributed by atoms with Gasteiger partial charge in [-0.15, -0.1) is 11.3 Å². The van der Waals surface area contributed by atoms with Crippen molar-refractivity contribution in [2.24, 2.45) is 0 Å². The summed E-state index contributed by atoms with van der Waals surface area (Å²) < 4.78 is 9.32. The number of para-hydroxylation sites is 2. The predicted molar refractivity (Wildman–Crippen MR) is 210 cm³/mol. The smallest absolute Gasteiger partial charge is 0.144 e. The van der Waals surface area contributed by atoms with Crippen LogP contribution in [0.1, 0.15) is 0 Å². The third-order valence-corrected chi connectivity index (χ3v) is 10.9. The molecule has 0 aliphatic rings. The maximum Gasteiger partial charge on any atom is 0.144 e. The molecule has 2 nitrogen and oxygen atoms in total. The zero-order chi connectivity index (χ0) is 32.3. The van der Waals surface area contributed by atoms with Gasteiger partial charge in [-0.3, -0.25) is 0 Å². The summed E-state index contributed by atoms with van der Waals surface area (Å²) in [5.74, 6) is 0. The summed E-state index contributed by atoms with van der Waals surface area (Å²) in [5.41, 5.74) is 9.88. The van der Waals surface area contributed by atoms with Gasteiger partial charge in [0.15, 0.2) is 0 Å². The Labute approximate surface area is 287 Å². The van der Waals surface area contributed by atoms with Crippen molar-refractivity contribution in [1.29, 1.82) is 0 Å². The van der Waals surface area contributed by atoms with Crippen molar-refractivity contribution in [3.8, 4) is 22.3 Å². The van der Waals surface area contributed by atoms with Gasteiger partial charge in [-0.25, -0.2) is 0 Å². The molecule has 2 aromatic heterocycles. The van der Waals surface area contributed by atoms with E-state index in [-0.39, 0.29) is 0 Å². The van der Waals surface area contributed by atoms with Gasteiger partial charge >= 0.3 is 0 Å². The van der Waals surface area contributed by atoms with E-state index in [9.17, 15) is 0 Å². The molecule has 0 amide bonds. The quantitative estimate of drug-likeness (QED) is 0.186. The van der Waals surface area contributed by atoms with E-state index in [2.05, 4.69) is 181 Å². The third kappa shape index (κ3) is 4.47. The van der Waals surface area contributed by atoms with Crippen LogP contribution in [0.3, 0.4) is 0 Å². The highest BCUT2D eigenvalue weighted by atomic mass is 32.1. The number of hydrogen-bond donors (Lipinski definition) is 0. The van der Waals surface area contributed by atoms with Gasteiger partial charge in [0.2, 0.25) is 0 Å². The first-order valence-electron chi connectivity index (χ1n) is 16.6. The summed E-state index contributed by atoms with van der Waals surface area (Å²) in [4.78, 5) is 2.37.